The van der Waals surface area contributed by atoms with Crippen LogP contribution < -0.4 is 10.6 Å². The molecule has 0 spiro atoms. The maximum atomic E-state index is 11.5. The molecule has 1 aromatic heterocycles. The van der Waals surface area contributed by atoms with Gasteiger partial charge < -0.3 is 10.4 Å². The summed E-state index contributed by atoms with van der Waals surface area (Å²) in [5.74, 6) is 0. The van der Waals surface area contributed by atoms with Crippen molar-refractivity contribution in [3.05, 3.63) is 40.9 Å². The molecule has 0 aliphatic carbocycles. The molecule has 0 unspecified atom stereocenters. The van der Waals surface area contributed by atoms with Crippen LogP contribution in [0.25, 0.3) is 0 Å². The summed E-state index contributed by atoms with van der Waals surface area (Å²) in [5, 5.41) is 22.2. The highest BCUT2D eigenvalue weighted by Crippen LogP contribution is 2.09. The van der Waals surface area contributed by atoms with E-state index in [4.69, 9.17) is 5.11 Å². The van der Waals surface area contributed by atoms with Crippen LogP contribution >= 0.6 is 11.3 Å². The highest BCUT2D eigenvalue weighted by molar-refractivity contribution is 7.13. The van der Waals surface area contributed by atoms with Crippen molar-refractivity contribution in [2.75, 3.05) is 5.32 Å². The number of hydrogen-bond donors (Lipinski definition) is 3. The summed E-state index contributed by atoms with van der Waals surface area (Å²) in [6.07, 6.45) is 0. The summed E-state index contributed by atoms with van der Waals surface area (Å²) in [7, 11) is 0. The Labute approximate surface area is 108 Å². The molecule has 6 nitrogen and oxygen atoms in total. The SMILES string of the molecule is O=C(NCc1ccccc1CO)Nc1nncs1. The maximum absolute atomic E-state index is 11.5. The molecule has 2 aromatic rings. The number of carbonyl (C=O) groups excluding carboxylic acids is 1. The second-order valence-electron chi connectivity index (χ2n) is 3.48. The molecule has 0 aliphatic rings. The van der Waals surface area contributed by atoms with Crippen molar-refractivity contribution in [1.82, 2.24) is 15.5 Å². The molecule has 18 heavy (non-hydrogen) atoms. The number of anilines is 1. The number of nitrogens with zero attached hydrogens (tertiary/aromatic N) is 2. The normalized spacial score (nSPS) is 10.1. The van der Waals surface area contributed by atoms with Crippen LogP contribution in [0.3, 0.4) is 0 Å². The first kappa shape index (κ1) is 12.5. The first-order chi connectivity index (χ1) is 8.79. The van der Waals surface area contributed by atoms with Crippen molar-refractivity contribution in [1.29, 1.82) is 0 Å². The van der Waals surface area contributed by atoms with E-state index in [0.717, 1.165) is 11.1 Å². The Bertz CT molecular complexity index is 516. The highest BCUT2D eigenvalue weighted by Gasteiger charge is 2.05. The van der Waals surface area contributed by atoms with E-state index in [1.165, 1.54) is 16.8 Å². The Morgan fingerprint density at radius 3 is 2.78 bits per heavy atom. The lowest BCUT2D eigenvalue weighted by atomic mass is 10.1. The minimum absolute atomic E-state index is 0.0458. The highest BCUT2D eigenvalue weighted by atomic mass is 32.1. The predicted octanol–water partition coefficient (Wildman–Crippen LogP) is 1.35. The fourth-order valence-corrected chi connectivity index (χ4v) is 1.87. The van der Waals surface area contributed by atoms with Crippen LogP contribution in [0.4, 0.5) is 9.93 Å². The lowest BCUT2D eigenvalue weighted by Crippen LogP contribution is -2.28. The third-order valence-electron chi connectivity index (χ3n) is 2.31. The Morgan fingerprint density at radius 2 is 2.11 bits per heavy atom. The molecule has 0 radical (unpaired) electrons. The van der Waals surface area contributed by atoms with Crippen molar-refractivity contribution in [2.24, 2.45) is 0 Å². The molecule has 2 amide bonds. The topological polar surface area (TPSA) is 87.1 Å². The Balaban J connectivity index is 1.89. The van der Waals surface area contributed by atoms with Gasteiger partial charge in [0.1, 0.15) is 5.51 Å². The van der Waals surface area contributed by atoms with Gasteiger partial charge in [0.2, 0.25) is 5.13 Å². The minimum atomic E-state index is -0.348. The number of amides is 2. The molecule has 1 aromatic carbocycles. The average molecular weight is 264 g/mol. The summed E-state index contributed by atoms with van der Waals surface area (Å²) >= 11 is 1.25. The molecular weight excluding hydrogens is 252 g/mol. The lowest BCUT2D eigenvalue weighted by Gasteiger charge is -2.08. The van der Waals surface area contributed by atoms with Gasteiger partial charge in [0.25, 0.3) is 0 Å². The molecule has 0 atom stereocenters. The second kappa shape index (κ2) is 6.08. The maximum Gasteiger partial charge on any atom is 0.321 e. The molecule has 0 bridgehead atoms. The van der Waals surface area contributed by atoms with Gasteiger partial charge in [-0.25, -0.2) is 4.79 Å². The summed E-state index contributed by atoms with van der Waals surface area (Å²) in [4.78, 5) is 11.5. The van der Waals surface area contributed by atoms with Gasteiger partial charge in [-0.2, -0.15) is 0 Å². The van der Waals surface area contributed by atoms with Gasteiger partial charge in [-0.15, -0.1) is 10.2 Å². The molecule has 7 heteroatoms. The van der Waals surface area contributed by atoms with Crippen molar-refractivity contribution < 1.29 is 9.90 Å². The standard InChI is InChI=1S/C11H12N4O2S/c16-6-9-4-2-1-3-8(9)5-12-10(17)14-11-15-13-7-18-11/h1-4,7,16H,5-6H2,(H2,12,14,15,17). The van der Waals surface area contributed by atoms with Crippen molar-refractivity contribution in [3.63, 3.8) is 0 Å². The van der Waals surface area contributed by atoms with E-state index in [1.807, 2.05) is 24.3 Å². The molecule has 0 saturated carbocycles. The lowest BCUT2D eigenvalue weighted by molar-refractivity contribution is 0.251. The minimum Gasteiger partial charge on any atom is -0.392 e. The van der Waals surface area contributed by atoms with E-state index < -0.39 is 0 Å². The number of carbonyl (C=O) groups is 1. The average Bonchev–Trinajstić information content (AvgIpc) is 2.89. The van der Waals surface area contributed by atoms with Crippen LogP contribution in [0.1, 0.15) is 11.1 Å². The van der Waals surface area contributed by atoms with Crippen LogP contribution in [0, 0.1) is 0 Å². The van der Waals surface area contributed by atoms with E-state index in [2.05, 4.69) is 20.8 Å². The van der Waals surface area contributed by atoms with Crippen LogP contribution in [-0.4, -0.2) is 21.3 Å². The van der Waals surface area contributed by atoms with Gasteiger partial charge in [0, 0.05) is 6.54 Å². The van der Waals surface area contributed by atoms with Gasteiger partial charge in [0.15, 0.2) is 0 Å². The molecular formula is C11H12N4O2S. The number of hydrogen-bond acceptors (Lipinski definition) is 5. The fourth-order valence-electron chi connectivity index (χ4n) is 1.43. The van der Waals surface area contributed by atoms with E-state index in [-0.39, 0.29) is 12.6 Å². The van der Waals surface area contributed by atoms with E-state index >= 15 is 0 Å². The Hall–Kier alpha value is -1.99. The first-order valence-corrected chi connectivity index (χ1v) is 6.16. The van der Waals surface area contributed by atoms with E-state index in [9.17, 15) is 4.79 Å². The number of rotatable bonds is 4. The number of nitrogens with one attached hydrogen (secondary N) is 2. The van der Waals surface area contributed by atoms with Gasteiger partial charge >= 0.3 is 6.03 Å². The zero-order chi connectivity index (χ0) is 12.8. The van der Waals surface area contributed by atoms with Crippen LogP contribution in [0.15, 0.2) is 29.8 Å². The molecule has 0 saturated heterocycles. The van der Waals surface area contributed by atoms with Gasteiger partial charge in [-0.3, -0.25) is 5.32 Å². The number of aromatic nitrogens is 2. The monoisotopic (exact) mass is 264 g/mol. The second-order valence-corrected chi connectivity index (χ2v) is 4.31. The molecule has 0 aliphatic heterocycles. The Kier molecular flexibility index (Phi) is 4.21. The number of aliphatic hydroxyl groups excluding tert-OH is 1. The Morgan fingerprint density at radius 1 is 1.33 bits per heavy atom. The van der Waals surface area contributed by atoms with Crippen LogP contribution in [0.2, 0.25) is 0 Å². The zero-order valence-corrected chi connectivity index (χ0v) is 10.3. The van der Waals surface area contributed by atoms with E-state index in [0.29, 0.717) is 11.7 Å². The zero-order valence-electron chi connectivity index (χ0n) is 9.46. The van der Waals surface area contributed by atoms with Crippen molar-refractivity contribution in [3.8, 4) is 0 Å². The first-order valence-electron chi connectivity index (χ1n) is 5.28. The summed E-state index contributed by atoms with van der Waals surface area (Å²) in [6, 6.07) is 7.03. The van der Waals surface area contributed by atoms with Crippen LogP contribution in [-0.2, 0) is 13.2 Å². The summed E-state index contributed by atoms with van der Waals surface area (Å²) in [5.41, 5.74) is 3.22. The number of aliphatic hydroxyl groups is 1. The fraction of sp³-hybridized carbons (Fsp3) is 0.182. The largest absolute Gasteiger partial charge is 0.392 e. The molecule has 0 fully saturated rings. The van der Waals surface area contributed by atoms with Gasteiger partial charge in [-0.05, 0) is 11.1 Å². The van der Waals surface area contributed by atoms with Crippen LogP contribution in [0.5, 0.6) is 0 Å². The predicted molar refractivity (Wildman–Crippen MR) is 68.1 cm³/mol. The quantitative estimate of drug-likeness (QED) is 0.778. The summed E-state index contributed by atoms with van der Waals surface area (Å²) < 4.78 is 0. The molecule has 3 N–H and O–H groups in total. The smallest absolute Gasteiger partial charge is 0.321 e. The molecule has 94 valence electrons. The number of urea groups is 1. The van der Waals surface area contributed by atoms with Gasteiger partial charge in [0.05, 0.1) is 6.61 Å². The molecule has 1 heterocycles. The number of benzene rings is 1. The van der Waals surface area contributed by atoms with Crippen molar-refractivity contribution >= 4 is 22.5 Å². The van der Waals surface area contributed by atoms with Gasteiger partial charge in [-0.1, -0.05) is 35.6 Å². The molecule has 2 rings (SSSR count). The van der Waals surface area contributed by atoms with Crippen molar-refractivity contribution in [2.45, 2.75) is 13.2 Å². The third kappa shape index (κ3) is 3.25. The third-order valence-corrected chi connectivity index (χ3v) is 2.92. The van der Waals surface area contributed by atoms with E-state index in [1.54, 1.807) is 0 Å². The summed E-state index contributed by atoms with van der Waals surface area (Å²) in [6.45, 7) is 0.303.